The Kier molecular flexibility index (Phi) is 7.53. The zero-order chi connectivity index (χ0) is 28.4. The number of hydrogen-bond donors (Lipinski definition) is 2. The summed E-state index contributed by atoms with van der Waals surface area (Å²) in [5, 5.41) is 21.0. The van der Waals surface area contributed by atoms with Crippen molar-refractivity contribution in [3.05, 3.63) is 70.9 Å². The molecule has 0 atom stereocenters. The number of aliphatic carboxylic acids is 1. The molecule has 40 heavy (non-hydrogen) atoms. The average Bonchev–Trinajstić information content (AvgIpc) is 3.38. The first-order chi connectivity index (χ1) is 19.3. The summed E-state index contributed by atoms with van der Waals surface area (Å²) >= 11 is 6.31. The Balaban J connectivity index is 1.37. The molecule has 0 saturated carbocycles. The van der Waals surface area contributed by atoms with Gasteiger partial charge in [-0.3, -0.25) is 14.0 Å². The maximum Gasteiger partial charge on any atom is 0.306 e. The van der Waals surface area contributed by atoms with Crippen LogP contribution in [0.25, 0.3) is 16.9 Å². The van der Waals surface area contributed by atoms with E-state index in [1.165, 1.54) is 6.07 Å². The van der Waals surface area contributed by atoms with Gasteiger partial charge in [0.15, 0.2) is 29.6 Å². The minimum absolute atomic E-state index is 0.116. The van der Waals surface area contributed by atoms with Crippen molar-refractivity contribution in [2.45, 2.75) is 19.8 Å². The van der Waals surface area contributed by atoms with E-state index in [1.54, 1.807) is 52.2 Å². The molecule has 0 spiro atoms. The summed E-state index contributed by atoms with van der Waals surface area (Å²) in [7, 11) is 0. The van der Waals surface area contributed by atoms with Crippen molar-refractivity contribution >= 4 is 40.6 Å². The number of benzene rings is 2. The van der Waals surface area contributed by atoms with Gasteiger partial charge in [-0.05, 0) is 55.7 Å². The predicted molar refractivity (Wildman–Crippen MR) is 145 cm³/mol. The molecule has 1 amide bonds. The van der Waals surface area contributed by atoms with Gasteiger partial charge >= 0.3 is 5.97 Å². The Labute approximate surface area is 233 Å². The minimum atomic E-state index is -0.818. The Bertz CT molecular complexity index is 1660. The lowest BCUT2D eigenvalue weighted by Crippen LogP contribution is -2.40. The van der Waals surface area contributed by atoms with Crippen molar-refractivity contribution in [2.75, 3.05) is 25.0 Å². The molecule has 2 aromatic heterocycles. The van der Waals surface area contributed by atoms with Crippen LogP contribution in [0.2, 0.25) is 5.02 Å². The molecule has 1 saturated heterocycles. The van der Waals surface area contributed by atoms with E-state index < -0.39 is 17.7 Å². The number of carboxylic acids is 1. The van der Waals surface area contributed by atoms with Gasteiger partial charge in [0.2, 0.25) is 0 Å². The Morgan fingerprint density at radius 1 is 1.25 bits per heavy atom. The van der Waals surface area contributed by atoms with Gasteiger partial charge in [-0.2, -0.15) is 5.26 Å². The highest BCUT2D eigenvalue weighted by molar-refractivity contribution is 6.33. The number of rotatable bonds is 7. The van der Waals surface area contributed by atoms with E-state index in [1.807, 2.05) is 13.0 Å². The first-order valence-electron chi connectivity index (χ1n) is 12.5. The molecule has 1 aliphatic rings. The van der Waals surface area contributed by atoms with E-state index in [0.717, 1.165) is 5.56 Å². The third kappa shape index (κ3) is 5.13. The molecular weight excluding hydrogens is 539 g/mol. The number of hydrogen-bond acceptors (Lipinski definition) is 7. The lowest BCUT2D eigenvalue weighted by atomic mass is 9.96. The van der Waals surface area contributed by atoms with Crippen molar-refractivity contribution in [3.63, 3.8) is 0 Å². The fourth-order valence-corrected chi connectivity index (χ4v) is 5.03. The van der Waals surface area contributed by atoms with Crippen molar-refractivity contribution in [3.8, 4) is 23.1 Å². The highest BCUT2D eigenvalue weighted by atomic mass is 35.5. The van der Waals surface area contributed by atoms with E-state index in [0.29, 0.717) is 59.9 Å². The van der Waals surface area contributed by atoms with Crippen LogP contribution in [0.4, 0.5) is 15.9 Å². The largest absolute Gasteiger partial charge is 0.481 e. The number of likely N-dealkylation sites (tertiary alicyclic amines) is 1. The number of nitrogens with one attached hydrogen (secondary N) is 1. The highest BCUT2D eigenvalue weighted by Crippen LogP contribution is 2.36. The molecule has 3 heterocycles. The number of nitrogens with zero attached hydrogens (tertiary/aromatic N) is 5. The number of aryl methyl sites for hydroxylation is 1. The maximum absolute atomic E-state index is 14.8. The first-order valence-corrected chi connectivity index (χ1v) is 12.9. The summed E-state index contributed by atoms with van der Waals surface area (Å²) in [5.74, 6) is -1.80. The Morgan fingerprint density at radius 3 is 2.73 bits per heavy atom. The number of imidazole rings is 1. The molecule has 1 fully saturated rings. The molecule has 4 aromatic rings. The van der Waals surface area contributed by atoms with Crippen LogP contribution in [-0.2, 0) is 4.79 Å². The third-order valence-electron chi connectivity index (χ3n) is 6.89. The Morgan fingerprint density at radius 2 is 2.02 bits per heavy atom. The van der Waals surface area contributed by atoms with Crippen LogP contribution >= 0.6 is 11.6 Å². The molecule has 0 unspecified atom stereocenters. The first kappa shape index (κ1) is 26.9. The van der Waals surface area contributed by atoms with Gasteiger partial charge in [-0.25, -0.2) is 14.4 Å². The molecule has 12 heteroatoms. The lowest BCUT2D eigenvalue weighted by Gasteiger charge is -2.30. The molecule has 5 rings (SSSR count). The Hall–Kier alpha value is -4.69. The number of carbonyl (C=O) groups is 2. The number of nitriles is 1. The fraction of sp³-hybridized carbons (Fsp3) is 0.250. The molecule has 2 aromatic carbocycles. The quantitative estimate of drug-likeness (QED) is 0.318. The SMILES string of the molecule is Cc1cc(Nc2nccn3c(-c4ccc(OCC#N)c(F)c4Cl)cnc23)ccc1C(=O)N1CCC(C(=O)O)CC1. The van der Waals surface area contributed by atoms with Gasteiger partial charge in [0.25, 0.3) is 5.91 Å². The van der Waals surface area contributed by atoms with Gasteiger partial charge in [-0.15, -0.1) is 0 Å². The van der Waals surface area contributed by atoms with E-state index >= 15 is 0 Å². The molecule has 0 aliphatic carbocycles. The third-order valence-corrected chi connectivity index (χ3v) is 7.26. The second kappa shape index (κ2) is 11.2. The van der Waals surface area contributed by atoms with Crippen LogP contribution in [0.1, 0.15) is 28.8 Å². The zero-order valence-electron chi connectivity index (χ0n) is 21.4. The number of amides is 1. The van der Waals surface area contributed by atoms with Gasteiger partial charge < -0.3 is 20.1 Å². The molecule has 1 aliphatic heterocycles. The zero-order valence-corrected chi connectivity index (χ0v) is 22.2. The number of anilines is 2. The van der Waals surface area contributed by atoms with Gasteiger partial charge in [0.05, 0.1) is 22.8 Å². The summed E-state index contributed by atoms with van der Waals surface area (Å²) in [4.78, 5) is 34.8. The van der Waals surface area contributed by atoms with Crippen LogP contribution in [-0.4, -0.2) is 55.9 Å². The normalized spacial score (nSPS) is 13.7. The fourth-order valence-electron chi connectivity index (χ4n) is 4.78. The minimum Gasteiger partial charge on any atom is -0.481 e. The van der Waals surface area contributed by atoms with Crippen LogP contribution in [0, 0.1) is 30.0 Å². The molecule has 204 valence electrons. The molecule has 10 nitrogen and oxygen atoms in total. The van der Waals surface area contributed by atoms with E-state index in [4.69, 9.17) is 21.6 Å². The van der Waals surface area contributed by atoms with Crippen molar-refractivity contribution < 1.29 is 23.8 Å². The maximum atomic E-state index is 14.8. The predicted octanol–water partition coefficient (Wildman–Crippen LogP) is 5.08. The number of halogens is 2. The summed E-state index contributed by atoms with van der Waals surface area (Å²) in [6.07, 6.45) is 5.69. The molecule has 2 N–H and O–H groups in total. The van der Waals surface area contributed by atoms with E-state index in [-0.39, 0.29) is 23.3 Å². The van der Waals surface area contributed by atoms with Crippen LogP contribution in [0.15, 0.2) is 48.9 Å². The summed E-state index contributed by atoms with van der Waals surface area (Å²) in [6, 6.07) is 10.1. The molecule has 0 bridgehead atoms. The number of ether oxygens (including phenoxy) is 1. The molecular formula is C28H24ClFN6O4. The topological polar surface area (TPSA) is 133 Å². The van der Waals surface area contributed by atoms with Gasteiger partial charge in [0.1, 0.15) is 6.07 Å². The number of carboxylic acid groups (broad SMARTS) is 1. The number of fused-ring (bicyclic) bond motifs is 1. The average molecular weight is 563 g/mol. The van der Waals surface area contributed by atoms with Crippen molar-refractivity contribution in [1.29, 1.82) is 5.26 Å². The van der Waals surface area contributed by atoms with Gasteiger partial charge in [-0.1, -0.05) is 11.6 Å². The molecule has 0 radical (unpaired) electrons. The standard InChI is InChI=1S/C28H24ClFN6O4/c1-16-14-18(2-3-19(16)27(37)35-10-6-17(7-11-35)28(38)39)34-25-26-33-15-21(36(26)12-9-32-25)20-4-5-22(40-13-8-31)24(30)23(20)29/h2-5,9,12,14-15,17H,6-7,10-11,13H2,1H3,(H,32,34)(H,38,39). The summed E-state index contributed by atoms with van der Waals surface area (Å²) in [6.45, 7) is 2.35. The number of aromatic nitrogens is 3. The monoisotopic (exact) mass is 562 g/mol. The lowest BCUT2D eigenvalue weighted by molar-refractivity contribution is -0.143. The smallest absolute Gasteiger partial charge is 0.306 e. The van der Waals surface area contributed by atoms with E-state index in [2.05, 4.69) is 15.3 Å². The second-order valence-electron chi connectivity index (χ2n) is 9.36. The van der Waals surface area contributed by atoms with Crippen molar-refractivity contribution in [2.24, 2.45) is 5.92 Å². The van der Waals surface area contributed by atoms with Crippen LogP contribution in [0.5, 0.6) is 5.75 Å². The van der Waals surface area contributed by atoms with Gasteiger partial charge in [0, 0.05) is 42.3 Å². The van der Waals surface area contributed by atoms with E-state index in [9.17, 15) is 19.1 Å². The summed E-state index contributed by atoms with van der Waals surface area (Å²) in [5.41, 5.74) is 3.38. The summed E-state index contributed by atoms with van der Waals surface area (Å²) < 4.78 is 21.6. The van der Waals surface area contributed by atoms with Crippen LogP contribution < -0.4 is 10.1 Å². The number of carbonyl (C=O) groups excluding carboxylic acids is 1. The highest BCUT2D eigenvalue weighted by Gasteiger charge is 2.28. The van der Waals surface area contributed by atoms with Crippen LogP contribution in [0.3, 0.4) is 0 Å². The second-order valence-corrected chi connectivity index (χ2v) is 9.74. The van der Waals surface area contributed by atoms with Crippen molar-refractivity contribution in [1.82, 2.24) is 19.3 Å². The number of piperidine rings is 1.